The zero-order valence-electron chi connectivity index (χ0n) is 48.3. The molecule has 0 amide bonds. The molecular weight excluding hydrogens is 942 g/mol. The van der Waals surface area contributed by atoms with E-state index in [0.717, 1.165) is 103 Å². The number of unbranched alkanes of at least 4 members (excludes halogenated alkanes) is 24. The quantitative estimate of drug-likeness (QED) is 0.0211. The van der Waals surface area contributed by atoms with Crippen molar-refractivity contribution in [3.8, 4) is 0 Å². The van der Waals surface area contributed by atoms with Crippen molar-refractivity contribution in [1.82, 2.24) is 0 Å². The number of carbonyl (C=O) groups excluding carboxylic acids is 2. The fraction of sp³-hybridized carbons (Fsp3) is 0.719. The summed E-state index contributed by atoms with van der Waals surface area (Å²) < 4.78 is 34.6. The molecule has 0 aliphatic rings. The number of nitrogens with zero attached hydrogens (tertiary/aromatic N) is 1. The van der Waals surface area contributed by atoms with Gasteiger partial charge < -0.3 is 18.9 Å². The van der Waals surface area contributed by atoms with E-state index in [9.17, 15) is 19.0 Å². The minimum absolute atomic E-state index is 0.0269. The number of likely N-dealkylation sites (N-methyl/N-ethyl adjacent to an activating group) is 1. The summed E-state index contributed by atoms with van der Waals surface area (Å²) in [4.78, 5) is 35.7. The van der Waals surface area contributed by atoms with E-state index in [2.05, 4.69) is 111 Å². The maximum Gasteiger partial charge on any atom is 0.472 e. The van der Waals surface area contributed by atoms with Crippen molar-refractivity contribution in [1.29, 1.82) is 0 Å². The zero-order chi connectivity index (χ0) is 54.2. The van der Waals surface area contributed by atoms with E-state index in [1.165, 1.54) is 109 Å². The molecule has 426 valence electrons. The van der Waals surface area contributed by atoms with Gasteiger partial charge in [-0.2, -0.15) is 0 Å². The third kappa shape index (κ3) is 58.2. The van der Waals surface area contributed by atoms with Gasteiger partial charge in [0.25, 0.3) is 0 Å². The maximum atomic E-state index is 12.8. The molecule has 0 bridgehead atoms. The van der Waals surface area contributed by atoms with Crippen LogP contribution in [-0.4, -0.2) is 74.9 Å². The Kier molecular flexibility index (Phi) is 52.4. The molecule has 0 aliphatic heterocycles. The Balaban J connectivity index is 4.14. The summed E-state index contributed by atoms with van der Waals surface area (Å²) in [7, 11) is 1.47. The highest BCUT2D eigenvalue weighted by Crippen LogP contribution is 2.43. The van der Waals surface area contributed by atoms with Crippen LogP contribution in [0.1, 0.15) is 245 Å². The molecule has 0 spiro atoms. The zero-order valence-corrected chi connectivity index (χ0v) is 49.2. The van der Waals surface area contributed by atoms with E-state index in [1.807, 2.05) is 21.1 Å². The first-order chi connectivity index (χ1) is 36.0. The molecular formula is C64H113NO8P+. The summed E-state index contributed by atoms with van der Waals surface area (Å²) in [5, 5.41) is 0. The average molecular weight is 1060 g/mol. The second-order valence-electron chi connectivity index (χ2n) is 21.0. The van der Waals surface area contributed by atoms with Gasteiger partial charge in [-0.05, 0) is 96.3 Å². The molecule has 0 aliphatic carbocycles. The summed E-state index contributed by atoms with van der Waals surface area (Å²) in [6, 6.07) is 0. The van der Waals surface area contributed by atoms with Crippen molar-refractivity contribution < 1.29 is 42.1 Å². The van der Waals surface area contributed by atoms with Crippen LogP contribution in [0, 0.1) is 0 Å². The number of esters is 2. The van der Waals surface area contributed by atoms with Gasteiger partial charge in [-0.15, -0.1) is 0 Å². The number of phosphoric acid groups is 1. The first-order valence-corrected chi connectivity index (χ1v) is 31.5. The number of allylic oxidation sites excluding steroid dienone is 16. The van der Waals surface area contributed by atoms with Crippen molar-refractivity contribution >= 4 is 19.8 Å². The Morgan fingerprint density at radius 2 is 0.770 bits per heavy atom. The van der Waals surface area contributed by atoms with E-state index in [4.69, 9.17) is 18.5 Å². The topological polar surface area (TPSA) is 108 Å². The van der Waals surface area contributed by atoms with E-state index >= 15 is 0 Å². The van der Waals surface area contributed by atoms with Gasteiger partial charge in [0, 0.05) is 12.8 Å². The molecule has 0 rings (SSSR count). The van der Waals surface area contributed by atoms with Crippen LogP contribution >= 0.6 is 7.82 Å². The van der Waals surface area contributed by atoms with Crippen molar-refractivity contribution in [3.05, 3.63) is 97.2 Å². The van der Waals surface area contributed by atoms with Gasteiger partial charge in [-0.25, -0.2) is 4.57 Å². The first-order valence-electron chi connectivity index (χ1n) is 30.0. The molecule has 0 aromatic heterocycles. The highest BCUT2D eigenvalue weighted by Gasteiger charge is 2.27. The van der Waals surface area contributed by atoms with Crippen LogP contribution < -0.4 is 0 Å². The molecule has 9 nitrogen and oxygen atoms in total. The molecule has 74 heavy (non-hydrogen) atoms. The van der Waals surface area contributed by atoms with Crippen molar-refractivity contribution in [2.45, 2.75) is 251 Å². The lowest BCUT2D eigenvalue weighted by atomic mass is 10.0. The summed E-state index contributed by atoms with van der Waals surface area (Å²) >= 11 is 0. The predicted octanol–water partition coefficient (Wildman–Crippen LogP) is 18.8. The number of rotatable bonds is 54. The summed E-state index contributed by atoms with van der Waals surface area (Å²) in [6.07, 6.45) is 74.7. The number of quaternary nitrogens is 1. The Morgan fingerprint density at radius 1 is 0.432 bits per heavy atom. The number of hydrogen-bond acceptors (Lipinski definition) is 7. The van der Waals surface area contributed by atoms with E-state index < -0.39 is 26.5 Å². The Morgan fingerprint density at radius 3 is 1.16 bits per heavy atom. The summed E-state index contributed by atoms with van der Waals surface area (Å²) in [5.41, 5.74) is 0. The molecule has 0 fully saturated rings. The minimum atomic E-state index is -4.39. The number of hydrogen-bond donors (Lipinski definition) is 1. The Labute approximate surface area is 455 Å². The van der Waals surface area contributed by atoms with Gasteiger partial charge in [-0.1, -0.05) is 233 Å². The van der Waals surface area contributed by atoms with Crippen LogP contribution in [-0.2, 0) is 32.7 Å². The Bertz CT molecular complexity index is 1570. The van der Waals surface area contributed by atoms with E-state index in [0.29, 0.717) is 17.4 Å². The maximum absolute atomic E-state index is 12.8. The largest absolute Gasteiger partial charge is 0.472 e. The lowest BCUT2D eigenvalue weighted by Gasteiger charge is -2.24. The highest BCUT2D eigenvalue weighted by molar-refractivity contribution is 7.47. The number of ether oxygens (including phenoxy) is 2. The third-order valence-corrected chi connectivity index (χ3v) is 13.6. The molecule has 0 aromatic carbocycles. The fourth-order valence-corrected chi connectivity index (χ4v) is 8.73. The van der Waals surface area contributed by atoms with Crippen molar-refractivity contribution in [2.24, 2.45) is 0 Å². The molecule has 2 atom stereocenters. The van der Waals surface area contributed by atoms with Gasteiger partial charge in [0.15, 0.2) is 6.10 Å². The number of phosphoric ester groups is 1. The number of carbonyl (C=O) groups is 2. The van der Waals surface area contributed by atoms with Crippen molar-refractivity contribution in [3.63, 3.8) is 0 Å². The smallest absolute Gasteiger partial charge is 0.462 e. The van der Waals surface area contributed by atoms with Crippen LogP contribution in [0.4, 0.5) is 0 Å². The normalized spacial score (nSPS) is 14.0. The van der Waals surface area contributed by atoms with Gasteiger partial charge >= 0.3 is 19.8 Å². The minimum Gasteiger partial charge on any atom is -0.462 e. The molecule has 10 heteroatoms. The van der Waals surface area contributed by atoms with Gasteiger partial charge in [0.1, 0.15) is 19.8 Å². The SMILES string of the molecule is CC/C=C\C/C=C\C/C=C\C/C=C\C/C=C\C/C=C\C/C=C\CCCCCCCCCCCCCC(=O)OC(COC(=O)CCCCCCCCC/C=C\CCCCCCCC)COP(=O)(O)OCC[N+](C)(C)C. The summed E-state index contributed by atoms with van der Waals surface area (Å²) in [5.74, 6) is -0.806. The second kappa shape index (κ2) is 54.7. The van der Waals surface area contributed by atoms with E-state index in [1.54, 1.807) is 0 Å². The van der Waals surface area contributed by atoms with Crippen LogP contribution in [0.15, 0.2) is 97.2 Å². The second-order valence-corrected chi connectivity index (χ2v) is 22.5. The standard InChI is InChI=1S/C64H112NO8P/c1-6-8-10-12-14-16-18-20-22-24-25-26-27-28-29-30-31-32-33-34-35-36-37-38-39-41-43-45-47-49-51-53-55-57-64(67)73-62(61-72-74(68,69)71-59-58-65(3,4)5)60-70-63(66)56-54-52-50-48-46-44-42-40-23-21-19-17-15-13-11-9-7-2/h8,10,14,16,20-23,25-26,28-29,31-32,34-35,62H,6-7,9,11-13,15,17-19,24,27,30,33,36-61H2,1-5H3/p+1/b10-8-,16-14-,22-20-,23-21-,26-25-,29-28-,32-31-,35-34-. The van der Waals surface area contributed by atoms with Crippen LogP contribution in [0.25, 0.3) is 0 Å². The van der Waals surface area contributed by atoms with Gasteiger partial charge in [0.2, 0.25) is 0 Å². The average Bonchev–Trinajstić information content (AvgIpc) is 3.36. The fourth-order valence-electron chi connectivity index (χ4n) is 7.99. The monoisotopic (exact) mass is 1050 g/mol. The van der Waals surface area contributed by atoms with Crippen LogP contribution in [0.3, 0.4) is 0 Å². The molecule has 0 heterocycles. The predicted molar refractivity (Wildman–Crippen MR) is 316 cm³/mol. The van der Waals surface area contributed by atoms with Crippen LogP contribution in [0.5, 0.6) is 0 Å². The highest BCUT2D eigenvalue weighted by atomic mass is 31.2. The summed E-state index contributed by atoms with van der Waals surface area (Å²) in [6.45, 7) is 4.31. The van der Waals surface area contributed by atoms with Crippen LogP contribution in [0.2, 0.25) is 0 Å². The molecule has 1 N–H and O–H groups in total. The van der Waals surface area contributed by atoms with E-state index in [-0.39, 0.29) is 32.0 Å². The molecule has 0 saturated carbocycles. The molecule has 2 unspecified atom stereocenters. The van der Waals surface area contributed by atoms with Crippen molar-refractivity contribution in [2.75, 3.05) is 47.5 Å². The molecule has 0 aromatic rings. The van der Waals surface area contributed by atoms with Gasteiger partial charge in [-0.3, -0.25) is 18.6 Å². The lowest BCUT2D eigenvalue weighted by Crippen LogP contribution is -2.37. The molecule has 0 saturated heterocycles. The Hall–Kier alpha value is -3.07. The van der Waals surface area contributed by atoms with Gasteiger partial charge in [0.05, 0.1) is 27.7 Å². The molecule has 0 radical (unpaired) electrons. The third-order valence-electron chi connectivity index (χ3n) is 12.6. The first kappa shape index (κ1) is 70.9. The lowest BCUT2D eigenvalue weighted by molar-refractivity contribution is -0.870.